The van der Waals surface area contributed by atoms with Gasteiger partial charge in [0.1, 0.15) is 5.01 Å². The van der Waals surface area contributed by atoms with Crippen LogP contribution < -0.4 is 5.56 Å². The summed E-state index contributed by atoms with van der Waals surface area (Å²) in [6.45, 7) is 6.12. The number of nitrogens with one attached hydrogen (secondary N) is 1. The molecule has 6 nitrogen and oxygen atoms in total. The number of ether oxygens (including phenoxy) is 1. The Kier molecular flexibility index (Phi) is 5.81. The molecule has 1 N–H and O–H groups in total. The second-order valence-corrected chi connectivity index (χ2v) is 7.26. The van der Waals surface area contributed by atoms with E-state index >= 15 is 0 Å². The highest BCUT2D eigenvalue weighted by molar-refractivity contribution is 7.13. The van der Waals surface area contributed by atoms with Gasteiger partial charge in [-0.05, 0) is 30.5 Å². The molecule has 3 aromatic rings. The summed E-state index contributed by atoms with van der Waals surface area (Å²) < 4.78 is 5.29. The fraction of sp³-hybridized carbons (Fsp3) is 0.300. The zero-order chi connectivity index (χ0) is 19.4. The third-order valence-corrected chi connectivity index (χ3v) is 4.90. The van der Waals surface area contributed by atoms with Gasteiger partial charge in [0.2, 0.25) is 0 Å². The number of aromatic nitrogens is 3. The Morgan fingerprint density at radius 3 is 2.70 bits per heavy atom. The Hall–Kier alpha value is -2.80. The average molecular weight is 383 g/mol. The number of nitrogens with zero attached hydrogens (tertiary/aromatic N) is 2. The highest BCUT2D eigenvalue weighted by Crippen LogP contribution is 2.28. The Balaban J connectivity index is 2.04. The first-order valence-electron chi connectivity index (χ1n) is 8.82. The van der Waals surface area contributed by atoms with Crippen LogP contribution in [0.15, 0.2) is 40.8 Å². The molecule has 0 fully saturated rings. The smallest absolute Gasteiger partial charge is 0.339 e. The van der Waals surface area contributed by atoms with E-state index in [1.165, 1.54) is 11.3 Å². The van der Waals surface area contributed by atoms with Crippen molar-refractivity contribution in [3.05, 3.63) is 57.6 Å². The van der Waals surface area contributed by atoms with Gasteiger partial charge in [0, 0.05) is 29.0 Å². The van der Waals surface area contributed by atoms with Crippen molar-refractivity contribution in [2.24, 2.45) is 0 Å². The summed E-state index contributed by atoms with van der Waals surface area (Å²) in [6.07, 6.45) is 4.13. The second-order valence-electron chi connectivity index (χ2n) is 6.40. The van der Waals surface area contributed by atoms with Gasteiger partial charge in [-0.25, -0.2) is 9.78 Å². The lowest BCUT2D eigenvalue weighted by atomic mass is 10.0. The van der Waals surface area contributed by atoms with Crippen LogP contribution in [0.3, 0.4) is 0 Å². The maximum atomic E-state index is 12.6. The highest BCUT2D eigenvalue weighted by Gasteiger charge is 2.20. The molecule has 0 aromatic carbocycles. The first-order chi connectivity index (χ1) is 13.0. The van der Waals surface area contributed by atoms with E-state index in [0.29, 0.717) is 29.1 Å². The molecule has 3 rings (SSSR count). The van der Waals surface area contributed by atoms with Gasteiger partial charge in [0.25, 0.3) is 5.56 Å². The molecule has 3 heterocycles. The quantitative estimate of drug-likeness (QED) is 0.643. The highest BCUT2D eigenvalue weighted by atomic mass is 32.1. The number of carbonyl (C=O) groups is 1. The molecule has 0 bridgehead atoms. The minimum absolute atomic E-state index is 0.0151. The average Bonchev–Trinajstić information content (AvgIpc) is 3.16. The zero-order valence-electron chi connectivity index (χ0n) is 15.5. The summed E-state index contributed by atoms with van der Waals surface area (Å²) in [4.78, 5) is 36.5. The van der Waals surface area contributed by atoms with Crippen molar-refractivity contribution in [3.8, 4) is 21.8 Å². The lowest BCUT2D eigenvalue weighted by Gasteiger charge is -2.13. The SMILES string of the molecule is CCCOC(=O)c1cc(-c2csc(-c3ccncc3)n2)c(=O)[nH]c1C(C)C. The number of aromatic amines is 1. The van der Waals surface area contributed by atoms with E-state index in [1.807, 2.05) is 38.3 Å². The number of thiazole rings is 1. The maximum absolute atomic E-state index is 12.6. The lowest BCUT2D eigenvalue weighted by Crippen LogP contribution is -2.19. The van der Waals surface area contributed by atoms with Gasteiger partial charge < -0.3 is 9.72 Å². The van der Waals surface area contributed by atoms with Gasteiger partial charge >= 0.3 is 5.97 Å². The Labute approximate surface area is 161 Å². The minimum Gasteiger partial charge on any atom is -0.462 e. The standard InChI is InChI=1S/C20H21N3O3S/c1-4-9-26-20(25)15-10-14(18(24)23-17(15)12(2)3)16-11-27-19(22-16)13-5-7-21-8-6-13/h5-8,10-12H,4,9H2,1-3H3,(H,23,24). The van der Waals surface area contributed by atoms with E-state index in [4.69, 9.17) is 4.74 Å². The fourth-order valence-corrected chi connectivity index (χ4v) is 3.48. The monoisotopic (exact) mass is 383 g/mol. The van der Waals surface area contributed by atoms with Gasteiger partial charge in [0.15, 0.2) is 0 Å². The summed E-state index contributed by atoms with van der Waals surface area (Å²) in [7, 11) is 0. The van der Waals surface area contributed by atoms with Crippen molar-refractivity contribution in [1.82, 2.24) is 15.0 Å². The first-order valence-corrected chi connectivity index (χ1v) is 9.69. The van der Waals surface area contributed by atoms with Crippen LogP contribution in [0, 0.1) is 0 Å². The molecule has 27 heavy (non-hydrogen) atoms. The minimum atomic E-state index is -0.428. The molecular weight excluding hydrogens is 362 g/mol. The van der Waals surface area contributed by atoms with Crippen molar-refractivity contribution in [2.45, 2.75) is 33.1 Å². The molecule has 0 aliphatic heterocycles. The van der Waals surface area contributed by atoms with Gasteiger partial charge in [-0.15, -0.1) is 11.3 Å². The number of hydrogen-bond donors (Lipinski definition) is 1. The van der Waals surface area contributed by atoms with Crippen LogP contribution in [-0.2, 0) is 4.74 Å². The molecule has 0 unspecified atom stereocenters. The summed E-state index contributed by atoms with van der Waals surface area (Å²) in [5.74, 6) is -0.443. The van der Waals surface area contributed by atoms with E-state index in [2.05, 4.69) is 15.0 Å². The lowest BCUT2D eigenvalue weighted by molar-refractivity contribution is 0.0502. The topological polar surface area (TPSA) is 84.9 Å². The number of pyridine rings is 2. The zero-order valence-corrected chi connectivity index (χ0v) is 16.3. The Morgan fingerprint density at radius 1 is 1.30 bits per heavy atom. The Morgan fingerprint density at radius 2 is 2.04 bits per heavy atom. The van der Waals surface area contributed by atoms with Crippen LogP contribution in [0.5, 0.6) is 0 Å². The maximum Gasteiger partial charge on any atom is 0.339 e. The van der Waals surface area contributed by atoms with Crippen molar-refractivity contribution in [1.29, 1.82) is 0 Å². The molecule has 0 aliphatic rings. The van der Waals surface area contributed by atoms with Crippen LogP contribution in [0.2, 0.25) is 0 Å². The van der Waals surface area contributed by atoms with Crippen molar-refractivity contribution < 1.29 is 9.53 Å². The van der Waals surface area contributed by atoms with Crippen LogP contribution in [0.4, 0.5) is 0 Å². The van der Waals surface area contributed by atoms with Crippen molar-refractivity contribution in [2.75, 3.05) is 6.61 Å². The summed E-state index contributed by atoms with van der Waals surface area (Å²) in [6, 6.07) is 5.32. The molecule has 140 valence electrons. The predicted octanol–water partition coefficient (Wildman–Crippen LogP) is 4.25. The molecule has 0 spiro atoms. The third-order valence-electron chi connectivity index (χ3n) is 4.01. The van der Waals surface area contributed by atoms with E-state index in [9.17, 15) is 9.59 Å². The molecule has 0 radical (unpaired) electrons. The predicted molar refractivity (Wildman–Crippen MR) is 106 cm³/mol. The number of hydrogen-bond acceptors (Lipinski definition) is 6. The second kappa shape index (κ2) is 8.26. The molecule has 3 aromatic heterocycles. The van der Waals surface area contributed by atoms with Crippen molar-refractivity contribution in [3.63, 3.8) is 0 Å². The molecular formula is C20H21N3O3S. The summed E-state index contributed by atoms with van der Waals surface area (Å²) in [5, 5.41) is 2.60. The molecule has 7 heteroatoms. The summed E-state index contributed by atoms with van der Waals surface area (Å²) >= 11 is 1.44. The van der Waals surface area contributed by atoms with Crippen LogP contribution >= 0.6 is 11.3 Å². The summed E-state index contributed by atoms with van der Waals surface area (Å²) in [5.41, 5.74) is 2.52. The molecule has 0 aliphatic carbocycles. The Bertz CT molecular complexity index is 993. The number of rotatable bonds is 6. The third kappa shape index (κ3) is 4.14. The fourth-order valence-electron chi connectivity index (χ4n) is 2.66. The van der Waals surface area contributed by atoms with Crippen LogP contribution in [-0.4, -0.2) is 27.5 Å². The molecule has 0 amide bonds. The van der Waals surface area contributed by atoms with Gasteiger partial charge in [-0.2, -0.15) is 0 Å². The number of esters is 1. The van der Waals surface area contributed by atoms with E-state index in [1.54, 1.807) is 18.5 Å². The van der Waals surface area contributed by atoms with Gasteiger partial charge in [0.05, 0.1) is 23.4 Å². The molecule has 0 saturated heterocycles. The van der Waals surface area contributed by atoms with Gasteiger partial charge in [-0.1, -0.05) is 20.8 Å². The largest absolute Gasteiger partial charge is 0.462 e. The van der Waals surface area contributed by atoms with E-state index < -0.39 is 5.97 Å². The van der Waals surface area contributed by atoms with Crippen molar-refractivity contribution >= 4 is 17.3 Å². The molecule has 0 saturated carbocycles. The van der Waals surface area contributed by atoms with Gasteiger partial charge in [-0.3, -0.25) is 9.78 Å². The normalized spacial score (nSPS) is 11.0. The van der Waals surface area contributed by atoms with E-state index in [0.717, 1.165) is 17.0 Å². The van der Waals surface area contributed by atoms with E-state index in [-0.39, 0.29) is 11.5 Å². The molecule has 0 atom stereocenters. The number of H-pyrrole nitrogens is 1. The van der Waals surface area contributed by atoms with Crippen LogP contribution in [0.1, 0.15) is 49.2 Å². The van der Waals surface area contributed by atoms with Crippen LogP contribution in [0.25, 0.3) is 21.8 Å². The first kappa shape index (κ1) is 19.0. The number of carbonyl (C=O) groups excluding carboxylic acids is 1.